The molecule has 0 aliphatic carbocycles. The van der Waals surface area contributed by atoms with Crippen LogP contribution < -0.4 is 0 Å². The van der Waals surface area contributed by atoms with Crippen molar-refractivity contribution >= 4 is 33.9 Å². The van der Waals surface area contributed by atoms with E-state index in [9.17, 15) is 4.79 Å². The van der Waals surface area contributed by atoms with Gasteiger partial charge < -0.3 is 8.85 Å². The highest BCUT2D eigenvalue weighted by Gasteiger charge is 2.35. The molecule has 6 heteroatoms. The summed E-state index contributed by atoms with van der Waals surface area (Å²) in [5.41, 5.74) is 0. The zero-order valence-electron chi connectivity index (χ0n) is 13.8. The van der Waals surface area contributed by atoms with Gasteiger partial charge in [-0.05, 0) is 50.7 Å². The van der Waals surface area contributed by atoms with Crippen molar-refractivity contribution in [3.63, 3.8) is 0 Å². The number of thiophene rings is 1. The van der Waals surface area contributed by atoms with Gasteiger partial charge in [0.05, 0.1) is 6.10 Å². The fourth-order valence-corrected chi connectivity index (χ4v) is 4.52. The molecule has 1 aromatic heterocycles. The molecule has 0 amide bonds. The molecular weight excluding hydrogens is 316 g/mol. The maximum atomic E-state index is 12.5. The molecule has 0 saturated heterocycles. The molecule has 21 heavy (non-hydrogen) atoms. The number of carbonyl (C=O) groups excluding carboxylic acids is 1. The number of carbonyl (C=O) groups is 1. The van der Waals surface area contributed by atoms with E-state index >= 15 is 0 Å². The molecule has 1 rings (SSSR count). The molecule has 0 aromatic carbocycles. The predicted octanol–water partition coefficient (Wildman–Crippen LogP) is 4.82. The Balaban J connectivity index is 3.04. The van der Waals surface area contributed by atoms with Gasteiger partial charge in [-0.25, -0.2) is 0 Å². The normalized spacial score (nSPS) is 15.3. The summed E-state index contributed by atoms with van der Waals surface area (Å²) >= 11 is 1.60. The molecule has 2 atom stereocenters. The quantitative estimate of drug-likeness (QED) is 0.526. The smallest absolute Gasteiger partial charge is 0.302 e. The van der Waals surface area contributed by atoms with Crippen molar-refractivity contribution in [3.05, 3.63) is 35.0 Å². The summed E-state index contributed by atoms with van der Waals surface area (Å²) < 4.78 is 11.9. The summed E-state index contributed by atoms with van der Waals surface area (Å²) in [5, 5.41) is 2.00. The lowest BCUT2D eigenvalue weighted by molar-refractivity contribution is -0.141. The Hall–Kier alpha value is -0.696. The van der Waals surface area contributed by atoms with Crippen molar-refractivity contribution in [2.24, 2.45) is 5.92 Å². The molecule has 0 bridgehead atoms. The third kappa shape index (κ3) is 6.29. The maximum Gasteiger partial charge on any atom is 0.302 e. The van der Waals surface area contributed by atoms with Crippen LogP contribution >= 0.6 is 11.3 Å². The summed E-state index contributed by atoms with van der Waals surface area (Å²) in [6.07, 6.45) is 1.37. The molecule has 0 saturated carbocycles. The van der Waals surface area contributed by atoms with Gasteiger partial charge in [-0.2, -0.15) is 0 Å². The Morgan fingerprint density at radius 1 is 1.24 bits per heavy atom. The fourth-order valence-electron chi connectivity index (χ4n) is 1.86. The minimum Gasteiger partial charge on any atom is -0.519 e. The van der Waals surface area contributed by atoms with E-state index in [2.05, 4.69) is 26.2 Å². The zero-order chi connectivity index (χ0) is 16.3. The molecule has 1 aromatic rings. The van der Waals surface area contributed by atoms with Crippen LogP contribution in [0.1, 0.15) is 11.0 Å². The van der Waals surface area contributed by atoms with E-state index in [4.69, 9.17) is 8.85 Å². The second-order valence-electron chi connectivity index (χ2n) is 6.96. The molecule has 0 fully saturated rings. The largest absolute Gasteiger partial charge is 0.519 e. The van der Waals surface area contributed by atoms with E-state index < -0.39 is 22.6 Å². The number of rotatable bonds is 7. The van der Waals surface area contributed by atoms with E-state index in [1.165, 1.54) is 0 Å². The number of hydrogen-bond acceptors (Lipinski definition) is 4. The van der Waals surface area contributed by atoms with Crippen LogP contribution in [0, 0.1) is 5.92 Å². The van der Waals surface area contributed by atoms with Crippen molar-refractivity contribution in [2.75, 3.05) is 0 Å². The van der Waals surface area contributed by atoms with Crippen LogP contribution in [0.25, 0.3) is 0 Å². The highest BCUT2D eigenvalue weighted by atomic mass is 32.1. The van der Waals surface area contributed by atoms with Gasteiger partial charge >= 0.3 is 5.97 Å². The van der Waals surface area contributed by atoms with Gasteiger partial charge in [-0.3, -0.25) is 4.79 Å². The highest BCUT2D eigenvalue weighted by Crippen LogP contribution is 2.34. The van der Waals surface area contributed by atoms with E-state index in [1.807, 2.05) is 37.2 Å². The Morgan fingerprint density at radius 2 is 1.86 bits per heavy atom. The molecule has 0 spiro atoms. The van der Waals surface area contributed by atoms with E-state index in [0.29, 0.717) is 0 Å². The van der Waals surface area contributed by atoms with E-state index in [1.54, 1.807) is 17.4 Å². The molecule has 0 N–H and O–H groups in total. The molecule has 3 nitrogen and oxygen atoms in total. The van der Waals surface area contributed by atoms with Crippen LogP contribution in [-0.2, 0) is 13.6 Å². The molecule has 0 aliphatic rings. The zero-order valence-corrected chi connectivity index (χ0v) is 16.6. The molecule has 118 valence electrons. The van der Waals surface area contributed by atoms with Gasteiger partial charge in [0.25, 0.3) is 0 Å². The van der Waals surface area contributed by atoms with Crippen LogP contribution in [0.2, 0.25) is 39.3 Å². The standard InChI is InChI=1S/C15H26O3SSi2/c1-8-12(15(16)18-21(5,6)7)14(17-20(2,3)4)13-10-9-11-19-13/h8-12,14H,1H2,2-7H3. The lowest BCUT2D eigenvalue weighted by Gasteiger charge is -2.31. The monoisotopic (exact) mass is 342 g/mol. The average Bonchev–Trinajstić information content (AvgIpc) is 2.77. The van der Waals surface area contributed by atoms with Crippen LogP contribution in [0.4, 0.5) is 0 Å². The summed E-state index contributed by atoms with van der Waals surface area (Å²) in [7, 11) is -3.72. The third-order valence-electron chi connectivity index (χ3n) is 2.56. The van der Waals surface area contributed by atoms with Crippen LogP contribution in [0.15, 0.2) is 30.2 Å². The van der Waals surface area contributed by atoms with Crippen molar-refractivity contribution in [3.8, 4) is 0 Å². The van der Waals surface area contributed by atoms with Crippen molar-refractivity contribution in [2.45, 2.75) is 45.4 Å². The van der Waals surface area contributed by atoms with Gasteiger partial charge in [-0.1, -0.05) is 12.1 Å². The van der Waals surface area contributed by atoms with Crippen LogP contribution in [0.3, 0.4) is 0 Å². The number of hydrogen-bond donors (Lipinski definition) is 0. The van der Waals surface area contributed by atoms with Gasteiger partial charge in [0.1, 0.15) is 5.92 Å². The topological polar surface area (TPSA) is 35.5 Å². The first kappa shape index (κ1) is 18.4. The van der Waals surface area contributed by atoms with Gasteiger partial charge in [-0.15, -0.1) is 17.9 Å². The van der Waals surface area contributed by atoms with Crippen LogP contribution in [0.5, 0.6) is 0 Å². The van der Waals surface area contributed by atoms with E-state index in [-0.39, 0.29) is 12.1 Å². The predicted molar refractivity (Wildman–Crippen MR) is 94.6 cm³/mol. The Bertz CT molecular complexity index is 472. The Morgan fingerprint density at radius 3 is 2.24 bits per heavy atom. The molecule has 1 heterocycles. The molecule has 0 radical (unpaired) electrons. The van der Waals surface area contributed by atoms with Crippen molar-refractivity contribution in [1.82, 2.24) is 0 Å². The summed E-state index contributed by atoms with van der Waals surface area (Å²) in [5.74, 6) is -0.678. The van der Waals surface area contributed by atoms with Gasteiger partial charge in [0, 0.05) is 4.88 Å². The molecule has 0 aliphatic heterocycles. The van der Waals surface area contributed by atoms with Gasteiger partial charge in [0.2, 0.25) is 8.32 Å². The third-order valence-corrected chi connectivity index (χ3v) is 5.27. The average molecular weight is 343 g/mol. The second-order valence-corrected chi connectivity index (χ2v) is 16.8. The van der Waals surface area contributed by atoms with Crippen molar-refractivity contribution in [1.29, 1.82) is 0 Å². The molecule has 2 unspecified atom stereocenters. The minimum atomic E-state index is -1.93. The minimum absolute atomic E-state index is 0.221. The first-order chi connectivity index (χ1) is 9.53. The van der Waals surface area contributed by atoms with Gasteiger partial charge in [0.15, 0.2) is 8.32 Å². The first-order valence-corrected chi connectivity index (χ1v) is 14.8. The lowest BCUT2D eigenvalue weighted by Crippen LogP contribution is -2.37. The summed E-state index contributed by atoms with van der Waals surface area (Å²) in [6, 6.07) is 3.98. The summed E-state index contributed by atoms with van der Waals surface area (Å²) in [6.45, 7) is 16.2. The fraction of sp³-hybridized carbons (Fsp3) is 0.533. The van der Waals surface area contributed by atoms with Crippen molar-refractivity contribution < 1.29 is 13.6 Å². The Labute approximate surface area is 134 Å². The summed E-state index contributed by atoms with van der Waals surface area (Å²) in [4.78, 5) is 13.5. The lowest BCUT2D eigenvalue weighted by atomic mass is 10.0. The maximum absolute atomic E-state index is 12.5. The van der Waals surface area contributed by atoms with Crippen LogP contribution in [-0.4, -0.2) is 22.6 Å². The SMILES string of the molecule is C=CC(C(=O)O[Si](C)(C)C)C(O[Si](C)(C)C)c1cccs1. The first-order valence-electron chi connectivity index (χ1n) is 7.10. The van der Waals surface area contributed by atoms with E-state index in [0.717, 1.165) is 4.88 Å². The highest BCUT2D eigenvalue weighted by molar-refractivity contribution is 7.10. The Kier molecular flexibility index (Phi) is 6.15. The molecular formula is C15H26O3SSi2. The second kappa shape index (κ2) is 7.04.